The van der Waals surface area contributed by atoms with Gasteiger partial charge in [-0.25, -0.2) is 4.98 Å². The number of rotatable bonds is 3. The lowest BCUT2D eigenvalue weighted by atomic mass is 10.3. The summed E-state index contributed by atoms with van der Waals surface area (Å²) in [7, 11) is 1.78. The quantitative estimate of drug-likeness (QED) is 0.871. The monoisotopic (exact) mass is 341 g/mol. The van der Waals surface area contributed by atoms with Crippen LogP contribution in [0.25, 0.3) is 0 Å². The van der Waals surface area contributed by atoms with Crippen molar-refractivity contribution in [3.05, 3.63) is 39.6 Å². The molecule has 0 aliphatic heterocycles. The smallest absolute Gasteiger partial charge is 0.225 e. The lowest BCUT2D eigenvalue weighted by molar-refractivity contribution is 0.461. The molecule has 0 aliphatic rings. The van der Waals surface area contributed by atoms with Crippen molar-refractivity contribution in [2.75, 3.05) is 12.4 Å². The van der Waals surface area contributed by atoms with E-state index in [0.717, 1.165) is 11.4 Å². The van der Waals surface area contributed by atoms with Gasteiger partial charge in [-0.15, -0.1) is 0 Å². The Hall–Kier alpha value is -1.37. The highest BCUT2D eigenvalue weighted by molar-refractivity contribution is 14.1. The molecule has 1 aromatic carbocycles. The summed E-state index contributed by atoms with van der Waals surface area (Å²) in [6, 6.07) is 9.61. The van der Waals surface area contributed by atoms with Gasteiger partial charge < -0.3 is 10.1 Å². The van der Waals surface area contributed by atoms with Crippen molar-refractivity contribution in [1.29, 1.82) is 0 Å². The van der Waals surface area contributed by atoms with Gasteiger partial charge in [0.25, 0.3) is 0 Å². The molecule has 0 spiro atoms. The normalized spacial score (nSPS) is 10.1. The number of benzene rings is 1. The van der Waals surface area contributed by atoms with Crippen molar-refractivity contribution in [3.8, 4) is 11.6 Å². The minimum atomic E-state index is 0.544. The largest absolute Gasteiger partial charge is 0.439 e. The number of nitrogens with one attached hydrogen (secondary N) is 1. The fourth-order valence-electron chi connectivity index (χ4n) is 1.33. The number of halogens is 1. The van der Waals surface area contributed by atoms with Crippen molar-refractivity contribution in [1.82, 2.24) is 9.97 Å². The third kappa shape index (κ3) is 3.29. The van der Waals surface area contributed by atoms with E-state index in [0.29, 0.717) is 11.8 Å². The molecule has 0 radical (unpaired) electrons. The Labute approximate surface area is 114 Å². The maximum atomic E-state index is 5.66. The number of hydrogen-bond donors (Lipinski definition) is 1. The van der Waals surface area contributed by atoms with E-state index in [9.17, 15) is 0 Å². The first kappa shape index (κ1) is 12.1. The SMILES string of the molecule is CNc1nc(C)cc(Oc2ccc(I)cc2)n1. The summed E-state index contributed by atoms with van der Waals surface area (Å²) in [6.45, 7) is 1.91. The van der Waals surface area contributed by atoms with E-state index in [1.807, 2.05) is 31.2 Å². The van der Waals surface area contributed by atoms with Gasteiger partial charge in [0.2, 0.25) is 11.8 Å². The van der Waals surface area contributed by atoms with Crippen LogP contribution in [0.3, 0.4) is 0 Å². The van der Waals surface area contributed by atoms with E-state index in [-0.39, 0.29) is 0 Å². The van der Waals surface area contributed by atoms with Crippen molar-refractivity contribution in [2.24, 2.45) is 0 Å². The lowest BCUT2D eigenvalue weighted by Gasteiger charge is -2.07. The van der Waals surface area contributed by atoms with Gasteiger partial charge in [-0.2, -0.15) is 4.98 Å². The molecule has 0 unspecified atom stereocenters. The Bertz CT molecular complexity index is 514. The molecule has 4 nitrogen and oxygen atoms in total. The van der Waals surface area contributed by atoms with Crippen molar-refractivity contribution >= 4 is 28.5 Å². The van der Waals surface area contributed by atoms with Crippen LogP contribution in [-0.4, -0.2) is 17.0 Å². The third-order valence-electron chi connectivity index (χ3n) is 2.09. The highest BCUT2D eigenvalue weighted by Crippen LogP contribution is 2.21. The molecular formula is C12H12IN3O. The number of ether oxygens (including phenoxy) is 1. The zero-order valence-corrected chi connectivity index (χ0v) is 11.7. The molecule has 1 aromatic heterocycles. The van der Waals surface area contributed by atoms with E-state index < -0.39 is 0 Å². The molecule has 88 valence electrons. The molecular weight excluding hydrogens is 329 g/mol. The Morgan fingerprint density at radius 1 is 1.18 bits per heavy atom. The molecule has 0 bridgehead atoms. The Balaban J connectivity index is 2.23. The molecule has 2 rings (SSSR count). The van der Waals surface area contributed by atoms with E-state index in [1.165, 1.54) is 3.57 Å². The Morgan fingerprint density at radius 2 is 1.88 bits per heavy atom. The lowest BCUT2D eigenvalue weighted by Crippen LogP contribution is -1.99. The number of hydrogen-bond acceptors (Lipinski definition) is 4. The maximum Gasteiger partial charge on any atom is 0.225 e. The van der Waals surface area contributed by atoms with Gasteiger partial charge in [-0.1, -0.05) is 0 Å². The van der Waals surface area contributed by atoms with E-state index in [4.69, 9.17) is 4.74 Å². The summed E-state index contributed by atoms with van der Waals surface area (Å²) < 4.78 is 6.83. The van der Waals surface area contributed by atoms with Crippen LogP contribution in [0.5, 0.6) is 11.6 Å². The number of aryl methyl sites for hydroxylation is 1. The van der Waals surface area contributed by atoms with Crippen molar-refractivity contribution < 1.29 is 4.74 Å². The van der Waals surface area contributed by atoms with Crippen LogP contribution in [-0.2, 0) is 0 Å². The van der Waals surface area contributed by atoms with Gasteiger partial charge in [0.1, 0.15) is 5.75 Å². The van der Waals surface area contributed by atoms with E-state index in [2.05, 4.69) is 37.9 Å². The summed E-state index contributed by atoms with van der Waals surface area (Å²) >= 11 is 2.25. The van der Waals surface area contributed by atoms with Crippen molar-refractivity contribution in [2.45, 2.75) is 6.92 Å². The third-order valence-corrected chi connectivity index (χ3v) is 2.81. The summed E-state index contributed by atoms with van der Waals surface area (Å²) in [5.74, 6) is 1.87. The second-order valence-electron chi connectivity index (χ2n) is 3.48. The average Bonchev–Trinajstić information content (AvgIpc) is 2.31. The maximum absolute atomic E-state index is 5.66. The van der Waals surface area contributed by atoms with Gasteiger partial charge in [0, 0.05) is 22.4 Å². The summed E-state index contributed by atoms with van der Waals surface area (Å²) in [6.07, 6.45) is 0. The van der Waals surface area contributed by atoms with E-state index in [1.54, 1.807) is 13.1 Å². The van der Waals surface area contributed by atoms with Crippen LogP contribution in [0.2, 0.25) is 0 Å². The molecule has 0 saturated heterocycles. The molecule has 0 amide bonds. The van der Waals surface area contributed by atoms with Crippen LogP contribution >= 0.6 is 22.6 Å². The molecule has 0 atom stereocenters. The molecule has 0 fully saturated rings. The topological polar surface area (TPSA) is 47.0 Å². The highest BCUT2D eigenvalue weighted by atomic mass is 127. The molecule has 5 heteroatoms. The summed E-state index contributed by atoms with van der Waals surface area (Å²) in [5.41, 5.74) is 0.866. The first-order valence-corrected chi connectivity index (χ1v) is 6.22. The molecule has 2 aromatic rings. The first-order valence-electron chi connectivity index (χ1n) is 5.14. The number of anilines is 1. The van der Waals surface area contributed by atoms with Gasteiger partial charge in [-0.05, 0) is 53.8 Å². The summed E-state index contributed by atoms with van der Waals surface area (Å²) in [5, 5.41) is 2.90. The fraction of sp³-hybridized carbons (Fsp3) is 0.167. The van der Waals surface area contributed by atoms with Crippen LogP contribution in [0.4, 0.5) is 5.95 Å². The highest BCUT2D eigenvalue weighted by Gasteiger charge is 2.03. The first-order chi connectivity index (χ1) is 8.17. The number of aromatic nitrogens is 2. The van der Waals surface area contributed by atoms with Gasteiger partial charge in [0.15, 0.2) is 0 Å². The second kappa shape index (κ2) is 5.31. The van der Waals surface area contributed by atoms with E-state index >= 15 is 0 Å². The predicted molar refractivity (Wildman–Crippen MR) is 75.5 cm³/mol. The zero-order chi connectivity index (χ0) is 12.3. The zero-order valence-electron chi connectivity index (χ0n) is 9.57. The minimum absolute atomic E-state index is 0.544. The molecule has 0 aliphatic carbocycles. The van der Waals surface area contributed by atoms with Crippen LogP contribution in [0, 0.1) is 10.5 Å². The fourth-order valence-corrected chi connectivity index (χ4v) is 1.69. The van der Waals surface area contributed by atoms with Crippen LogP contribution in [0.15, 0.2) is 30.3 Å². The Morgan fingerprint density at radius 3 is 2.53 bits per heavy atom. The molecule has 1 heterocycles. The molecule has 0 saturated carbocycles. The van der Waals surface area contributed by atoms with Crippen molar-refractivity contribution in [3.63, 3.8) is 0 Å². The second-order valence-corrected chi connectivity index (χ2v) is 4.72. The average molecular weight is 341 g/mol. The standard InChI is InChI=1S/C12H12IN3O/c1-8-7-11(16-12(14-2)15-8)17-10-5-3-9(13)4-6-10/h3-7H,1-2H3,(H,14,15,16). The van der Waals surface area contributed by atoms with Gasteiger partial charge in [0.05, 0.1) is 0 Å². The minimum Gasteiger partial charge on any atom is -0.439 e. The van der Waals surface area contributed by atoms with Crippen LogP contribution < -0.4 is 10.1 Å². The molecule has 17 heavy (non-hydrogen) atoms. The Kier molecular flexibility index (Phi) is 3.78. The van der Waals surface area contributed by atoms with Gasteiger partial charge >= 0.3 is 0 Å². The summed E-state index contributed by atoms with van der Waals surface area (Å²) in [4.78, 5) is 8.43. The molecule has 1 N–H and O–H groups in total. The van der Waals surface area contributed by atoms with Gasteiger partial charge in [-0.3, -0.25) is 0 Å². The predicted octanol–water partition coefficient (Wildman–Crippen LogP) is 3.22. The van der Waals surface area contributed by atoms with Crippen LogP contribution in [0.1, 0.15) is 5.69 Å². The number of nitrogens with zero attached hydrogens (tertiary/aromatic N) is 2.